The lowest BCUT2D eigenvalue weighted by Crippen LogP contribution is -2.26. The first-order valence-electron chi connectivity index (χ1n) is 6.55. The fraction of sp³-hybridized carbons (Fsp3) is 0.429. The second-order valence-electron chi connectivity index (χ2n) is 5.07. The van der Waals surface area contributed by atoms with Crippen LogP contribution < -0.4 is 0 Å². The molecule has 0 radical (unpaired) electrons. The summed E-state index contributed by atoms with van der Waals surface area (Å²) in [6.45, 7) is 2.34. The monoisotopic (exact) mass is 296 g/mol. The highest BCUT2D eigenvalue weighted by Gasteiger charge is 2.20. The molecule has 0 bridgehead atoms. The topological polar surface area (TPSA) is 54.2 Å². The Morgan fingerprint density at radius 2 is 1.90 bits per heavy atom. The molecule has 0 aliphatic carbocycles. The molecule has 114 valence electrons. The maximum absolute atomic E-state index is 13.6. The van der Waals surface area contributed by atoms with E-state index in [1.54, 1.807) is 11.9 Å². The average molecular weight is 296 g/mol. The summed E-state index contributed by atoms with van der Waals surface area (Å²) >= 11 is 0. The van der Waals surface area contributed by atoms with Gasteiger partial charge in [0, 0.05) is 13.6 Å². The van der Waals surface area contributed by atoms with E-state index in [0.29, 0.717) is 6.54 Å². The third-order valence-electron chi connectivity index (χ3n) is 3.41. The van der Waals surface area contributed by atoms with Crippen LogP contribution in [-0.4, -0.2) is 38.4 Å². The van der Waals surface area contributed by atoms with Crippen LogP contribution >= 0.6 is 0 Å². The molecule has 0 spiro atoms. The SMILES string of the molecule is Cc1nnc(CN(C)CC(O)c2c(F)cccc2F)n1C. The highest BCUT2D eigenvalue weighted by Crippen LogP contribution is 2.21. The van der Waals surface area contributed by atoms with Crippen molar-refractivity contribution in [2.75, 3.05) is 13.6 Å². The van der Waals surface area contributed by atoms with E-state index < -0.39 is 17.7 Å². The molecule has 0 aliphatic rings. The summed E-state index contributed by atoms with van der Waals surface area (Å²) in [5.41, 5.74) is -0.307. The van der Waals surface area contributed by atoms with E-state index in [9.17, 15) is 13.9 Å². The van der Waals surface area contributed by atoms with E-state index >= 15 is 0 Å². The predicted molar refractivity (Wildman–Crippen MR) is 73.4 cm³/mol. The molecular formula is C14H18F2N4O. The van der Waals surface area contributed by atoms with E-state index in [1.165, 1.54) is 6.07 Å². The smallest absolute Gasteiger partial charge is 0.146 e. The van der Waals surface area contributed by atoms with Crippen LogP contribution in [0.15, 0.2) is 18.2 Å². The van der Waals surface area contributed by atoms with Crippen molar-refractivity contribution in [1.29, 1.82) is 0 Å². The molecule has 0 aliphatic heterocycles. The van der Waals surface area contributed by atoms with Gasteiger partial charge in [0.25, 0.3) is 0 Å². The van der Waals surface area contributed by atoms with Crippen LogP contribution in [0.25, 0.3) is 0 Å². The van der Waals surface area contributed by atoms with Crippen molar-refractivity contribution in [3.63, 3.8) is 0 Å². The first kappa shape index (κ1) is 15.5. The normalized spacial score (nSPS) is 12.9. The van der Waals surface area contributed by atoms with Gasteiger partial charge in [-0.2, -0.15) is 0 Å². The van der Waals surface area contributed by atoms with Gasteiger partial charge in [-0.25, -0.2) is 8.78 Å². The van der Waals surface area contributed by atoms with Crippen LogP contribution in [0.4, 0.5) is 8.78 Å². The Balaban J connectivity index is 2.05. The van der Waals surface area contributed by atoms with Crippen molar-refractivity contribution < 1.29 is 13.9 Å². The Bertz CT molecular complexity index is 609. The predicted octanol–water partition coefficient (Wildman–Crippen LogP) is 1.57. The van der Waals surface area contributed by atoms with Crippen molar-refractivity contribution in [2.24, 2.45) is 7.05 Å². The fourth-order valence-electron chi connectivity index (χ4n) is 2.11. The molecule has 1 unspecified atom stereocenters. The van der Waals surface area contributed by atoms with E-state index in [2.05, 4.69) is 10.2 Å². The average Bonchev–Trinajstić information content (AvgIpc) is 2.70. The number of likely N-dealkylation sites (N-methyl/N-ethyl adjacent to an activating group) is 1. The van der Waals surface area contributed by atoms with E-state index in [0.717, 1.165) is 23.8 Å². The lowest BCUT2D eigenvalue weighted by Gasteiger charge is -2.21. The molecule has 1 N–H and O–H groups in total. The van der Waals surface area contributed by atoms with Gasteiger partial charge in [-0.05, 0) is 26.1 Å². The van der Waals surface area contributed by atoms with Crippen molar-refractivity contribution >= 4 is 0 Å². The van der Waals surface area contributed by atoms with Crippen LogP contribution in [0.1, 0.15) is 23.3 Å². The zero-order chi connectivity index (χ0) is 15.6. The minimum absolute atomic E-state index is 0.0871. The Morgan fingerprint density at radius 1 is 1.29 bits per heavy atom. The standard InChI is InChI=1S/C14H18F2N4O/c1-9-17-18-13(20(9)3)8-19(2)7-12(21)14-10(15)5-4-6-11(14)16/h4-6,12,21H,7-8H2,1-3H3. The summed E-state index contributed by atoms with van der Waals surface area (Å²) in [4.78, 5) is 1.74. The third-order valence-corrected chi connectivity index (χ3v) is 3.41. The molecule has 1 aromatic heterocycles. The summed E-state index contributed by atoms with van der Waals surface area (Å²) in [6, 6.07) is 3.54. The summed E-state index contributed by atoms with van der Waals surface area (Å²) in [5, 5.41) is 18.0. The van der Waals surface area contributed by atoms with Crippen LogP contribution in [0.2, 0.25) is 0 Å². The molecule has 0 fully saturated rings. The Labute approximate surface area is 121 Å². The number of halogens is 2. The number of aromatic nitrogens is 3. The van der Waals surface area contributed by atoms with Gasteiger partial charge in [-0.3, -0.25) is 4.90 Å². The van der Waals surface area contributed by atoms with Gasteiger partial charge in [0.15, 0.2) is 0 Å². The van der Waals surface area contributed by atoms with Gasteiger partial charge in [-0.1, -0.05) is 6.07 Å². The van der Waals surface area contributed by atoms with Crippen molar-refractivity contribution in [3.05, 3.63) is 47.0 Å². The highest BCUT2D eigenvalue weighted by molar-refractivity contribution is 5.22. The number of rotatable bonds is 5. The van der Waals surface area contributed by atoms with Gasteiger partial charge in [-0.15, -0.1) is 10.2 Å². The molecule has 0 saturated carbocycles. The Hall–Kier alpha value is -1.86. The van der Waals surface area contributed by atoms with Gasteiger partial charge in [0.2, 0.25) is 0 Å². The molecule has 2 rings (SSSR count). The fourth-order valence-corrected chi connectivity index (χ4v) is 2.11. The Kier molecular flexibility index (Phi) is 4.64. The number of hydrogen-bond acceptors (Lipinski definition) is 4. The lowest BCUT2D eigenvalue weighted by atomic mass is 10.1. The lowest BCUT2D eigenvalue weighted by molar-refractivity contribution is 0.115. The molecule has 7 heteroatoms. The number of aryl methyl sites for hydroxylation is 1. The molecule has 0 amide bonds. The molecule has 0 saturated heterocycles. The summed E-state index contributed by atoms with van der Waals surface area (Å²) in [7, 11) is 3.58. The van der Waals surface area contributed by atoms with Crippen LogP contribution in [-0.2, 0) is 13.6 Å². The molecule has 5 nitrogen and oxygen atoms in total. The van der Waals surface area contributed by atoms with E-state index in [1.807, 2.05) is 18.5 Å². The summed E-state index contributed by atoms with van der Waals surface area (Å²) in [6.07, 6.45) is -1.24. The maximum Gasteiger partial charge on any atom is 0.146 e. The third kappa shape index (κ3) is 3.43. The minimum atomic E-state index is -1.24. The first-order chi connectivity index (χ1) is 9.90. The largest absolute Gasteiger partial charge is 0.387 e. The van der Waals surface area contributed by atoms with Crippen LogP contribution in [0.5, 0.6) is 0 Å². The van der Waals surface area contributed by atoms with Crippen molar-refractivity contribution in [1.82, 2.24) is 19.7 Å². The minimum Gasteiger partial charge on any atom is -0.387 e. The molecule has 21 heavy (non-hydrogen) atoms. The van der Waals surface area contributed by atoms with Crippen molar-refractivity contribution in [3.8, 4) is 0 Å². The van der Waals surface area contributed by atoms with Gasteiger partial charge >= 0.3 is 0 Å². The van der Waals surface area contributed by atoms with Crippen molar-refractivity contribution in [2.45, 2.75) is 19.6 Å². The highest BCUT2D eigenvalue weighted by atomic mass is 19.1. The number of aliphatic hydroxyl groups excluding tert-OH is 1. The summed E-state index contributed by atoms with van der Waals surface area (Å²) < 4.78 is 29.0. The van der Waals surface area contributed by atoms with Crippen LogP contribution in [0, 0.1) is 18.6 Å². The van der Waals surface area contributed by atoms with E-state index in [-0.39, 0.29) is 12.1 Å². The zero-order valence-corrected chi connectivity index (χ0v) is 12.2. The van der Waals surface area contributed by atoms with Crippen LogP contribution in [0.3, 0.4) is 0 Å². The Morgan fingerprint density at radius 3 is 2.43 bits per heavy atom. The molecule has 2 aromatic rings. The van der Waals surface area contributed by atoms with Gasteiger partial charge < -0.3 is 9.67 Å². The maximum atomic E-state index is 13.6. The van der Waals surface area contributed by atoms with E-state index in [4.69, 9.17) is 0 Å². The number of aliphatic hydroxyl groups is 1. The second kappa shape index (κ2) is 6.28. The van der Waals surface area contributed by atoms with Gasteiger partial charge in [0.05, 0.1) is 18.2 Å². The number of hydrogen-bond donors (Lipinski definition) is 1. The second-order valence-corrected chi connectivity index (χ2v) is 5.07. The molecule has 1 heterocycles. The zero-order valence-electron chi connectivity index (χ0n) is 12.2. The van der Waals surface area contributed by atoms with Gasteiger partial charge in [0.1, 0.15) is 23.3 Å². The number of benzene rings is 1. The quantitative estimate of drug-likeness (QED) is 0.910. The summed E-state index contributed by atoms with van der Waals surface area (Å²) in [5.74, 6) is 0.00566. The molecule has 1 aromatic carbocycles. The first-order valence-corrected chi connectivity index (χ1v) is 6.55. The number of nitrogens with zero attached hydrogens (tertiary/aromatic N) is 4. The molecule has 1 atom stereocenters. The molecular weight excluding hydrogens is 278 g/mol.